The molecule has 9 aromatic rings. The van der Waals surface area contributed by atoms with E-state index in [4.69, 9.17) is 0 Å². The van der Waals surface area contributed by atoms with Crippen molar-refractivity contribution in [2.45, 2.75) is 0 Å². The van der Waals surface area contributed by atoms with Crippen molar-refractivity contribution in [1.82, 2.24) is 0 Å². The van der Waals surface area contributed by atoms with Gasteiger partial charge in [0.1, 0.15) is 0 Å². The summed E-state index contributed by atoms with van der Waals surface area (Å²) < 4.78 is 37.8. The molecular weight excluding hydrogens is 615 g/mol. The van der Waals surface area contributed by atoms with Gasteiger partial charge in [0.2, 0.25) is 0 Å². The summed E-state index contributed by atoms with van der Waals surface area (Å²) in [4.78, 5) is 1.87. The van der Waals surface area contributed by atoms with Crippen molar-refractivity contribution in [3.8, 4) is 44.5 Å². The lowest BCUT2D eigenvalue weighted by Gasteiger charge is -2.26. The van der Waals surface area contributed by atoms with E-state index in [0.717, 1.165) is 66.3 Å². The van der Waals surface area contributed by atoms with Gasteiger partial charge in [0.25, 0.3) is 0 Å². The normalized spacial score (nSPS) is 12.2. The Labute approximate surface area is 305 Å². The van der Waals surface area contributed by atoms with E-state index in [0.29, 0.717) is 5.56 Å². The molecule has 0 bridgehead atoms. The number of nitrogens with zero attached hydrogens (tertiary/aromatic N) is 1. The largest absolute Gasteiger partial charge is 0.310 e. The highest BCUT2D eigenvalue weighted by Gasteiger charge is 2.16. The SMILES string of the molecule is [2H]c1c([2H])c(N(c2ccc(-c3cccc4ccccc34)cc2)c2cccc(-c3cccc4ccccc34)c2)c([2H])c([2H])c1-c1cccc(-c2ccccc2)c1. The van der Waals surface area contributed by atoms with Crippen LogP contribution in [0.5, 0.6) is 0 Å². The van der Waals surface area contributed by atoms with Crippen molar-refractivity contribution in [1.29, 1.82) is 0 Å². The van der Waals surface area contributed by atoms with Crippen LogP contribution in [0, 0.1) is 0 Å². The molecule has 0 saturated carbocycles. The summed E-state index contributed by atoms with van der Waals surface area (Å²) in [6, 6.07) is 62.7. The number of hydrogen-bond donors (Lipinski definition) is 0. The van der Waals surface area contributed by atoms with Gasteiger partial charge >= 0.3 is 0 Å². The second-order valence-electron chi connectivity index (χ2n) is 12.7. The highest BCUT2D eigenvalue weighted by atomic mass is 15.1. The summed E-state index contributed by atoms with van der Waals surface area (Å²) in [5.74, 6) is 0. The molecule has 9 rings (SSSR count). The number of hydrogen-bond acceptors (Lipinski definition) is 1. The van der Waals surface area contributed by atoms with Crippen molar-refractivity contribution in [3.05, 3.63) is 212 Å². The minimum absolute atomic E-state index is 0.0937. The monoisotopic (exact) mass is 653 g/mol. The second kappa shape index (κ2) is 13.3. The van der Waals surface area contributed by atoms with Crippen LogP contribution in [0.15, 0.2) is 212 Å². The van der Waals surface area contributed by atoms with E-state index in [-0.39, 0.29) is 35.4 Å². The summed E-state index contributed by atoms with van der Waals surface area (Å²) in [5.41, 5.74) is 8.70. The molecule has 51 heavy (non-hydrogen) atoms. The Bertz CT molecular complexity index is 2830. The van der Waals surface area contributed by atoms with Gasteiger partial charge in [-0.1, -0.05) is 170 Å². The fourth-order valence-corrected chi connectivity index (χ4v) is 7.01. The fourth-order valence-electron chi connectivity index (χ4n) is 7.01. The maximum Gasteiger partial charge on any atom is 0.0645 e. The highest BCUT2D eigenvalue weighted by molar-refractivity contribution is 5.98. The molecule has 0 N–H and O–H groups in total. The van der Waals surface area contributed by atoms with Gasteiger partial charge in [-0.05, 0) is 108 Å². The molecule has 0 amide bonds. The standard InChI is InChI=1S/C50H35N/c1-2-12-36(13-3-1)41-18-8-19-42(34-41)37-26-30-44(31-27-37)51(45-32-28-40(29-33-45)49-24-10-16-38-14-4-6-22-47(38)49)46-21-9-20-43(35-46)50-25-11-17-39-15-5-7-23-48(39)50/h1-35H/i26D,27D,30D,31D. The molecule has 0 atom stereocenters. The number of rotatable bonds is 7. The van der Waals surface area contributed by atoms with Gasteiger partial charge in [-0.25, -0.2) is 0 Å². The Balaban J connectivity index is 1.22. The molecule has 0 radical (unpaired) electrons. The molecule has 0 aliphatic rings. The molecule has 0 aliphatic heterocycles. The molecule has 0 heterocycles. The molecule has 0 aliphatic carbocycles. The van der Waals surface area contributed by atoms with Gasteiger partial charge in [0.15, 0.2) is 0 Å². The summed E-state index contributed by atoms with van der Waals surface area (Å²) in [5, 5.41) is 4.58. The molecule has 0 fully saturated rings. The smallest absolute Gasteiger partial charge is 0.0645 e. The van der Waals surface area contributed by atoms with E-state index in [9.17, 15) is 5.48 Å². The predicted octanol–water partition coefficient (Wildman–Crippen LogP) is 14.1. The van der Waals surface area contributed by atoms with E-state index in [2.05, 4.69) is 91.0 Å². The van der Waals surface area contributed by atoms with Gasteiger partial charge in [-0.2, -0.15) is 0 Å². The Morgan fingerprint density at radius 1 is 0.294 bits per heavy atom. The van der Waals surface area contributed by atoms with Gasteiger partial charge in [0.05, 0.1) is 5.48 Å². The quantitative estimate of drug-likeness (QED) is 0.165. The molecule has 1 heteroatoms. The number of benzene rings is 9. The van der Waals surface area contributed by atoms with E-state index < -0.39 is 0 Å². The van der Waals surface area contributed by atoms with Crippen molar-refractivity contribution in [2.24, 2.45) is 0 Å². The molecule has 0 spiro atoms. The molecule has 1 nitrogen and oxygen atoms in total. The van der Waals surface area contributed by atoms with Crippen LogP contribution in [0.25, 0.3) is 66.1 Å². The first-order chi connectivity index (χ1) is 27.0. The Kier molecular flexibility index (Phi) is 6.84. The Morgan fingerprint density at radius 3 is 1.49 bits per heavy atom. The van der Waals surface area contributed by atoms with Crippen LogP contribution in [-0.2, 0) is 0 Å². The van der Waals surface area contributed by atoms with Crippen LogP contribution < -0.4 is 4.90 Å². The van der Waals surface area contributed by atoms with Crippen molar-refractivity contribution >= 4 is 38.6 Å². The summed E-state index contributed by atoms with van der Waals surface area (Å²) >= 11 is 0. The van der Waals surface area contributed by atoms with Crippen LogP contribution in [-0.4, -0.2) is 0 Å². The molecular formula is C50H35N. The van der Waals surface area contributed by atoms with Gasteiger partial charge in [0, 0.05) is 17.1 Å². The lowest BCUT2D eigenvalue weighted by molar-refractivity contribution is 1.28. The second-order valence-corrected chi connectivity index (χ2v) is 12.7. The third-order valence-corrected chi connectivity index (χ3v) is 9.52. The van der Waals surface area contributed by atoms with E-state index in [1.807, 2.05) is 102 Å². The first-order valence-corrected chi connectivity index (χ1v) is 17.2. The van der Waals surface area contributed by atoms with Crippen molar-refractivity contribution in [2.75, 3.05) is 4.90 Å². The maximum atomic E-state index is 9.53. The van der Waals surface area contributed by atoms with E-state index in [1.165, 1.54) is 0 Å². The Hall–Kier alpha value is -6.70. The van der Waals surface area contributed by atoms with Crippen LogP contribution in [0.1, 0.15) is 5.48 Å². The van der Waals surface area contributed by atoms with Crippen molar-refractivity contribution < 1.29 is 5.48 Å². The Morgan fingerprint density at radius 2 is 0.804 bits per heavy atom. The van der Waals surface area contributed by atoms with Crippen LogP contribution >= 0.6 is 0 Å². The van der Waals surface area contributed by atoms with E-state index >= 15 is 0 Å². The van der Waals surface area contributed by atoms with Crippen LogP contribution in [0.3, 0.4) is 0 Å². The zero-order chi connectivity index (χ0) is 37.5. The average Bonchev–Trinajstić information content (AvgIpc) is 3.25. The maximum absolute atomic E-state index is 9.53. The lowest BCUT2D eigenvalue weighted by atomic mass is 9.97. The lowest BCUT2D eigenvalue weighted by Crippen LogP contribution is -2.10. The first kappa shape index (κ1) is 26.2. The van der Waals surface area contributed by atoms with Crippen LogP contribution in [0.2, 0.25) is 0 Å². The molecule has 0 aromatic heterocycles. The molecule has 9 aromatic carbocycles. The highest BCUT2D eigenvalue weighted by Crippen LogP contribution is 2.40. The number of fused-ring (bicyclic) bond motifs is 2. The third-order valence-electron chi connectivity index (χ3n) is 9.52. The summed E-state index contributed by atoms with van der Waals surface area (Å²) in [6.45, 7) is 0. The van der Waals surface area contributed by atoms with Gasteiger partial charge in [-0.15, -0.1) is 0 Å². The topological polar surface area (TPSA) is 3.24 Å². The zero-order valence-corrected chi connectivity index (χ0v) is 27.8. The fraction of sp³-hybridized carbons (Fsp3) is 0. The summed E-state index contributed by atoms with van der Waals surface area (Å²) in [6.07, 6.45) is 0. The molecule has 0 unspecified atom stereocenters. The zero-order valence-electron chi connectivity index (χ0n) is 31.8. The first-order valence-electron chi connectivity index (χ1n) is 19.2. The van der Waals surface area contributed by atoms with Crippen molar-refractivity contribution in [3.63, 3.8) is 0 Å². The third kappa shape index (κ3) is 5.96. The molecule has 240 valence electrons. The van der Waals surface area contributed by atoms with E-state index in [1.54, 1.807) is 0 Å². The van der Waals surface area contributed by atoms with Gasteiger partial charge < -0.3 is 4.90 Å². The minimum atomic E-state index is -0.116. The van der Waals surface area contributed by atoms with Crippen LogP contribution in [0.4, 0.5) is 17.1 Å². The number of anilines is 3. The summed E-state index contributed by atoms with van der Waals surface area (Å²) in [7, 11) is 0. The molecule has 0 saturated heterocycles. The average molecular weight is 654 g/mol. The predicted molar refractivity (Wildman–Crippen MR) is 218 cm³/mol. The van der Waals surface area contributed by atoms with Gasteiger partial charge in [-0.3, -0.25) is 0 Å². The minimum Gasteiger partial charge on any atom is -0.310 e.